The zero-order chi connectivity index (χ0) is 14.3. The van der Waals surface area contributed by atoms with Crippen molar-refractivity contribution >= 4 is 11.5 Å². The average Bonchev–Trinajstić information content (AvgIpc) is 2.33. The van der Waals surface area contributed by atoms with E-state index in [0.29, 0.717) is 6.07 Å². The minimum absolute atomic E-state index is 0.460. The Morgan fingerprint density at radius 2 is 1.94 bits per heavy atom. The van der Waals surface area contributed by atoms with E-state index in [2.05, 4.69) is 4.74 Å². The Bertz CT molecular complexity index is 449. The molecule has 0 saturated heterocycles. The van der Waals surface area contributed by atoms with Crippen LogP contribution in [0.1, 0.15) is 20.8 Å². The molecule has 0 aromatic heterocycles. The zero-order valence-corrected chi connectivity index (χ0v) is 10.2. The van der Waals surface area contributed by atoms with Gasteiger partial charge in [-0.1, -0.05) is 13.8 Å². The molecule has 7 heteroatoms. The minimum atomic E-state index is -1.48. The number of hydrogen-bond acceptors (Lipinski definition) is 4. The number of carbonyl (C=O) groups excluding carboxylic acids is 1. The predicted molar refractivity (Wildman–Crippen MR) is 60.5 cm³/mol. The largest absolute Gasteiger partial charge is 0.477 e. The number of carbonyl (C=O) groups is 1. The van der Waals surface area contributed by atoms with Gasteiger partial charge in [0.05, 0.1) is 4.92 Å². The molecular weight excluding hydrogens is 248 g/mol. The van der Waals surface area contributed by atoms with E-state index in [1.165, 1.54) is 0 Å². The van der Waals surface area contributed by atoms with Crippen LogP contribution in [0.5, 0.6) is 5.75 Å². The van der Waals surface area contributed by atoms with Crippen molar-refractivity contribution < 1.29 is 23.2 Å². The summed E-state index contributed by atoms with van der Waals surface area (Å²) in [7, 11) is 0. The molecule has 0 spiro atoms. The van der Waals surface area contributed by atoms with Crippen molar-refractivity contribution in [3.05, 3.63) is 33.9 Å². The molecule has 0 aliphatic rings. The number of rotatable bonds is 4. The SMILES string of the molecule is CC.CC(=O)COc1c([N+](=O)[O-])ccc(F)c1F. The summed E-state index contributed by atoms with van der Waals surface area (Å²) in [6.07, 6.45) is 0. The fourth-order valence-corrected chi connectivity index (χ4v) is 0.977. The van der Waals surface area contributed by atoms with Crippen molar-refractivity contribution in [2.75, 3.05) is 6.61 Å². The normalized spacial score (nSPS) is 9.17. The minimum Gasteiger partial charge on any atom is -0.477 e. The molecule has 0 N–H and O–H groups in total. The zero-order valence-electron chi connectivity index (χ0n) is 10.2. The lowest BCUT2D eigenvalue weighted by Crippen LogP contribution is -2.10. The molecule has 0 amide bonds. The monoisotopic (exact) mass is 261 g/mol. The third kappa shape index (κ3) is 4.08. The summed E-state index contributed by atoms with van der Waals surface area (Å²) >= 11 is 0. The standard InChI is InChI=1S/C9H7F2NO4.C2H6/c1-5(13)4-16-9-7(12(14)15)3-2-6(10)8(9)11;1-2/h2-3H,4H2,1H3;1-2H3. The number of ketones is 1. The van der Waals surface area contributed by atoms with Crippen LogP contribution in [0.2, 0.25) is 0 Å². The molecular formula is C11H13F2NO4. The first-order valence-electron chi connectivity index (χ1n) is 5.18. The third-order valence-corrected chi connectivity index (χ3v) is 1.65. The Morgan fingerprint density at radius 3 is 2.39 bits per heavy atom. The molecule has 0 unspecified atom stereocenters. The van der Waals surface area contributed by atoms with Crippen molar-refractivity contribution in [1.82, 2.24) is 0 Å². The molecule has 0 aliphatic heterocycles. The Balaban J connectivity index is 0.00000137. The van der Waals surface area contributed by atoms with E-state index in [-0.39, 0.29) is 0 Å². The molecule has 0 aliphatic carbocycles. The molecule has 0 atom stereocenters. The summed E-state index contributed by atoms with van der Waals surface area (Å²) in [5.41, 5.74) is -0.722. The first-order valence-corrected chi connectivity index (χ1v) is 5.18. The van der Waals surface area contributed by atoms with Gasteiger partial charge in [-0.15, -0.1) is 0 Å². The lowest BCUT2D eigenvalue weighted by atomic mass is 10.2. The van der Waals surface area contributed by atoms with E-state index in [0.717, 1.165) is 13.0 Å². The molecule has 1 aromatic rings. The summed E-state index contributed by atoms with van der Waals surface area (Å²) in [6, 6.07) is 1.39. The van der Waals surface area contributed by atoms with Gasteiger partial charge in [-0.3, -0.25) is 14.9 Å². The van der Waals surface area contributed by atoms with E-state index in [9.17, 15) is 23.7 Å². The fraction of sp³-hybridized carbons (Fsp3) is 0.364. The summed E-state index contributed by atoms with van der Waals surface area (Å²) in [4.78, 5) is 20.1. The van der Waals surface area contributed by atoms with E-state index >= 15 is 0 Å². The highest BCUT2D eigenvalue weighted by Gasteiger charge is 2.23. The topological polar surface area (TPSA) is 69.4 Å². The first kappa shape index (κ1) is 16.0. The maximum absolute atomic E-state index is 13.2. The summed E-state index contributed by atoms with van der Waals surface area (Å²) in [5, 5.41) is 10.5. The van der Waals surface area contributed by atoms with Crippen LogP contribution in [0, 0.1) is 21.7 Å². The fourth-order valence-electron chi connectivity index (χ4n) is 0.977. The molecule has 18 heavy (non-hydrogen) atoms. The number of nitro groups is 1. The Hall–Kier alpha value is -2.05. The highest BCUT2D eigenvalue weighted by molar-refractivity contribution is 5.77. The van der Waals surface area contributed by atoms with Gasteiger partial charge in [0.1, 0.15) is 6.61 Å². The van der Waals surface area contributed by atoms with Gasteiger partial charge in [-0.05, 0) is 13.0 Å². The van der Waals surface area contributed by atoms with E-state index in [1.54, 1.807) is 0 Å². The lowest BCUT2D eigenvalue weighted by molar-refractivity contribution is -0.386. The number of nitrogens with zero attached hydrogens (tertiary/aromatic N) is 1. The number of halogens is 2. The molecule has 0 bridgehead atoms. The molecule has 0 heterocycles. The van der Waals surface area contributed by atoms with E-state index in [1.807, 2.05) is 13.8 Å². The molecule has 5 nitrogen and oxygen atoms in total. The van der Waals surface area contributed by atoms with Crippen LogP contribution in [0.3, 0.4) is 0 Å². The molecule has 0 saturated carbocycles. The second kappa shape index (κ2) is 7.31. The first-order chi connectivity index (χ1) is 8.43. The van der Waals surface area contributed by atoms with E-state index < -0.39 is 40.4 Å². The van der Waals surface area contributed by atoms with Crippen LogP contribution in [-0.4, -0.2) is 17.3 Å². The lowest BCUT2D eigenvalue weighted by Gasteiger charge is -2.06. The average molecular weight is 261 g/mol. The smallest absolute Gasteiger partial charge is 0.314 e. The summed E-state index contributed by atoms with van der Waals surface area (Å²) in [6.45, 7) is 4.60. The van der Waals surface area contributed by atoms with Gasteiger partial charge < -0.3 is 4.74 Å². The van der Waals surface area contributed by atoms with Crippen LogP contribution in [0.15, 0.2) is 12.1 Å². The Kier molecular flexibility index (Phi) is 6.48. The highest BCUT2D eigenvalue weighted by atomic mass is 19.2. The predicted octanol–water partition coefficient (Wildman–Crippen LogP) is 2.87. The number of Topliss-reactive ketones (excluding diaryl/α,β-unsaturated/α-hetero) is 1. The quantitative estimate of drug-likeness (QED) is 0.617. The maximum Gasteiger partial charge on any atom is 0.314 e. The number of benzene rings is 1. The van der Waals surface area contributed by atoms with Crippen LogP contribution in [0.4, 0.5) is 14.5 Å². The van der Waals surface area contributed by atoms with E-state index in [4.69, 9.17) is 0 Å². The number of nitro benzene ring substituents is 1. The van der Waals surface area contributed by atoms with Crippen molar-refractivity contribution in [1.29, 1.82) is 0 Å². The van der Waals surface area contributed by atoms with Crippen molar-refractivity contribution in [3.63, 3.8) is 0 Å². The van der Waals surface area contributed by atoms with Crippen molar-refractivity contribution in [2.24, 2.45) is 0 Å². The molecule has 1 aromatic carbocycles. The molecule has 0 radical (unpaired) electrons. The van der Waals surface area contributed by atoms with Gasteiger partial charge in [0.15, 0.2) is 11.6 Å². The van der Waals surface area contributed by atoms with Crippen LogP contribution in [-0.2, 0) is 4.79 Å². The second-order valence-corrected chi connectivity index (χ2v) is 2.96. The molecule has 1 rings (SSSR count). The summed E-state index contributed by atoms with van der Waals surface area (Å²) < 4.78 is 30.5. The van der Waals surface area contributed by atoms with Gasteiger partial charge in [-0.2, -0.15) is 4.39 Å². The molecule has 100 valence electrons. The maximum atomic E-state index is 13.2. The van der Waals surface area contributed by atoms with Crippen molar-refractivity contribution in [2.45, 2.75) is 20.8 Å². The van der Waals surface area contributed by atoms with Gasteiger partial charge in [0, 0.05) is 6.07 Å². The summed E-state index contributed by atoms with van der Waals surface area (Å²) in [5.74, 6) is -4.07. The van der Waals surface area contributed by atoms with Gasteiger partial charge >= 0.3 is 5.69 Å². The van der Waals surface area contributed by atoms with Gasteiger partial charge in [0.2, 0.25) is 11.6 Å². The van der Waals surface area contributed by atoms with Crippen LogP contribution >= 0.6 is 0 Å². The molecule has 0 fully saturated rings. The van der Waals surface area contributed by atoms with Crippen LogP contribution in [0.25, 0.3) is 0 Å². The van der Waals surface area contributed by atoms with Crippen LogP contribution < -0.4 is 4.74 Å². The highest BCUT2D eigenvalue weighted by Crippen LogP contribution is 2.31. The second-order valence-electron chi connectivity index (χ2n) is 2.96. The Labute approximate surface area is 103 Å². The third-order valence-electron chi connectivity index (χ3n) is 1.65. The van der Waals surface area contributed by atoms with Gasteiger partial charge in [0.25, 0.3) is 0 Å². The number of hydrogen-bond donors (Lipinski definition) is 0. The number of ether oxygens (including phenoxy) is 1. The van der Waals surface area contributed by atoms with Gasteiger partial charge in [-0.25, -0.2) is 4.39 Å². The van der Waals surface area contributed by atoms with Crippen molar-refractivity contribution in [3.8, 4) is 5.75 Å². The Morgan fingerprint density at radius 1 is 1.39 bits per heavy atom.